The molecule has 0 saturated carbocycles. The highest BCUT2D eigenvalue weighted by molar-refractivity contribution is 6.35. The van der Waals surface area contributed by atoms with Gasteiger partial charge in [-0.25, -0.2) is 0 Å². The van der Waals surface area contributed by atoms with E-state index >= 15 is 0 Å². The number of carbonyl (C=O) groups excluding carboxylic acids is 2. The maximum Gasteiger partial charge on any atom is 0.261 e. The van der Waals surface area contributed by atoms with Crippen LogP contribution >= 0.6 is 23.2 Å². The van der Waals surface area contributed by atoms with E-state index in [9.17, 15) is 9.59 Å². The Morgan fingerprint density at radius 2 is 1.86 bits per heavy atom. The van der Waals surface area contributed by atoms with Gasteiger partial charge in [0.2, 0.25) is 5.91 Å². The molecule has 1 atom stereocenters. The number of benzene rings is 2. The second kappa shape index (κ2) is 10.9. The van der Waals surface area contributed by atoms with Crippen molar-refractivity contribution in [2.75, 3.05) is 19.7 Å². The first-order chi connectivity index (χ1) is 13.4. The number of amides is 2. The van der Waals surface area contributed by atoms with Gasteiger partial charge in [-0.05, 0) is 44.0 Å². The summed E-state index contributed by atoms with van der Waals surface area (Å²) in [5.74, 6) is -0.123. The maximum absolute atomic E-state index is 12.8. The quantitative estimate of drug-likeness (QED) is 0.664. The molecule has 0 saturated heterocycles. The van der Waals surface area contributed by atoms with Gasteiger partial charge in [0.05, 0.1) is 5.02 Å². The molecule has 0 spiro atoms. The molecule has 5 nitrogen and oxygen atoms in total. The molecule has 2 aromatic carbocycles. The fourth-order valence-electron chi connectivity index (χ4n) is 2.71. The zero-order valence-corrected chi connectivity index (χ0v) is 17.5. The van der Waals surface area contributed by atoms with Crippen LogP contribution < -0.4 is 10.1 Å². The molecule has 0 heterocycles. The van der Waals surface area contributed by atoms with Gasteiger partial charge < -0.3 is 15.0 Å². The van der Waals surface area contributed by atoms with Crippen LogP contribution in [0, 0.1) is 0 Å². The third-order valence-corrected chi connectivity index (χ3v) is 4.78. The molecule has 0 unspecified atom stereocenters. The Balaban J connectivity index is 2.07. The van der Waals surface area contributed by atoms with Crippen LogP contribution in [0.25, 0.3) is 0 Å². The van der Waals surface area contributed by atoms with Crippen molar-refractivity contribution < 1.29 is 14.3 Å². The van der Waals surface area contributed by atoms with E-state index in [-0.39, 0.29) is 18.4 Å². The number of nitrogens with zero attached hydrogens (tertiary/aromatic N) is 1. The van der Waals surface area contributed by atoms with Crippen molar-refractivity contribution in [3.63, 3.8) is 0 Å². The van der Waals surface area contributed by atoms with Crippen molar-refractivity contribution in [3.05, 3.63) is 64.1 Å². The summed E-state index contributed by atoms with van der Waals surface area (Å²) in [7, 11) is 0. The summed E-state index contributed by atoms with van der Waals surface area (Å²) in [4.78, 5) is 26.6. The SMILES string of the molecule is CCNC(=O)[C@H](C)N(CCc1ccccc1)C(=O)COc1ccc(Cl)cc1Cl. The highest BCUT2D eigenvalue weighted by atomic mass is 35.5. The van der Waals surface area contributed by atoms with Crippen LogP contribution in [-0.2, 0) is 16.0 Å². The minimum Gasteiger partial charge on any atom is -0.482 e. The summed E-state index contributed by atoms with van der Waals surface area (Å²) < 4.78 is 5.56. The van der Waals surface area contributed by atoms with Crippen molar-refractivity contribution in [2.45, 2.75) is 26.3 Å². The van der Waals surface area contributed by atoms with Crippen molar-refractivity contribution >= 4 is 35.0 Å². The summed E-state index contributed by atoms with van der Waals surface area (Å²) in [5.41, 5.74) is 1.09. The van der Waals surface area contributed by atoms with E-state index in [1.54, 1.807) is 25.1 Å². The van der Waals surface area contributed by atoms with Gasteiger partial charge in [0, 0.05) is 18.1 Å². The maximum atomic E-state index is 12.8. The average molecular weight is 423 g/mol. The highest BCUT2D eigenvalue weighted by Crippen LogP contribution is 2.27. The molecule has 7 heteroatoms. The van der Waals surface area contributed by atoms with Gasteiger partial charge in [0.15, 0.2) is 6.61 Å². The van der Waals surface area contributed by atoms with Gasteiger partial charge in [0.25, 0.3) is 5.91 Å². The van der Waals surface area contributed by atoms with Crippen LogP contribution in [0.5, 0.6) is 5.75 Å². The Morgan fingerprint density at radius 1 is 1.14 bits per heavy atom. The van der Waals surface area contributed by atoms with Crippen molar-refractivity contribution in [3.8, 4) is 5.75 Å². The zero-order valence-electron chi connectivity index (χ0n) is 16.0. The molecule has 2 aromatic rings. The lowest BCUT2D eigenvalue weighted by Crippen LogP contribution is -2.50. The second-order valence-electron chi connectivity index (χ2n) is 6.26. The predicted molar refractivity (Wildman–Crippen MR) is 112 cm³/mol. The molecule has 0 fully saturated rings. The van der Waals surface area contributed by atoms with Gasteiger partial charge in [-0.3, -0.25) is 9.59 Å². The summed E-state index contributed by atoms with van der Waals surface area (Å²) >= 11 is 12.0. The fraction of sp³-hybridized carbons (Fsp3) is 0.333. The molecule has 0 radical (unpaired) electrons. The van der Waals surface area contributed by atoms with E-state index in [1.165, 1.54) is 4.90 Å². The lowest BCUT2D eigenvalue weighted by molar-refractivity contribution is -0.141. The molecule has 150 valence electrons. The third kappa shape index (κ3) is 6.43. The first-order valence-corrected chi connectivity index (χ1v) is 9.87. The molecule has 0 aromatic heterocycles. The number of ether oxygens (including phenoxy) is 1. The summed E-state index contributed by atoms with van der Waals surface area (Å²) in [6.45, 7) is 4.23. The molecule has 28 heavy (non-hydrogen) atoms. The number of likely N-dealkylation sites (N-methyl/N-ethyl adjacent to an activating group) is 1. The topological polar surface area (TPSA) is 58.6 Å². The third-order valence-electron chi connectivity index (χ3n) is 4.25. The normalized spacial score (nSPS) is 11.6. The van der Waals surface area contributed by atoms with E-state index in [1.807, 2.05) is 37.3 Å². The summed E-state index contributed by atoms with van der Waals surface area (Å²) in [5, 5.41) is 3.57. The standard InChI is InChI=1S/C21H24Cl2N2O3/c1-3-24-21(27)15(2)25(12-11-16-7-5-4-6-8-16)20(26)14-28-19-10-9-17(22)13-18(19)23/h4-10,13,15H,3,11-12,14H2,1-2H3,(H,24,27)/t15-/m0/s1. The molecule has 0 aliphatic carbocycles. The predicted octanol–water partition coefficient (Wildman–Crippen LogP) is 3.97. The lowest BCUT2D eigenvalue weighted by Gasteiger charge is -2.28. The van der Waals surface area contributed by atoms with E-state index in [2.05, 4.69) is 5.32 Å². The number of nitrogens with one attached hydrogen (secondary N) is 1. The summed E-state index contributed by atoms with van der Waals surface area (Å²) in [6.07, 6.45) is 0.637. The Kier molecular flexibility index (Phi) is 8.61. The minimum atomic E-state index is -0.611. The number of hydrogen-bond donors (Lipinski definition) is 1. The van der Waals surface area contributed by atoms with Crippen LogP contribution in [0.2, 0.25) is 10.0 Å². The fourth-order valence-corrected chi connectivity index (χ4v) is 3.17. The van der Waals surface area contributed by atoms with Gasteiger partial charge >= 0.3 is 0 Å². The van der Waals surface area contributed by atoms with Crippen LogP contribution in [-0.4, -0.2) is 42.5 Å². The monoisotopic (exact) mass is 422 g/mol. The Labute approximate surface area is 175 Å². The molecule has 0 aliphatic rings. The van der Waals surface area contributed by atoms with Crippen LogP contribution in [0.1, 0.15) is 19.4 Å². The molecule has 1 N–H and O–H groups in total. The van der Waals surface area contributed by atoms with E-state index < -0.39 is 6.04 Å². The van der Waals surface area contributed by atoms with E-state index in [0.717, 1.165) is 5.56 Å². The Morgan fingerprint density at radius 3 is 2.50 bits per heavy atom. The smallest absolute Gasteiger partial charge is 0.261 e. The molecule has 0 aliphatic heterocycles. The molecular weight excluding hydrogens is 399 g/mol. The number of hydrogen-bond acceptors (Lipinski definition) is 3. The molecule has 2 amide bonds. The van der Waals surface area contributed by atoms with Gasteiger partial charge in [-0.2, -0.15) is 0 Å². The highest BCUT2D eigenvalue weighted by Gasteiger charge is 2.25. The molecule has 2 rings (SSSR count). The van der Waals surface area contributed by atoms with Crippen LogP contribution in [0.4, 0.5) is 0 Å². The molecule has 0 bridgehead atoms. The van der Waals surface area contributed by atoms with Crippen molar-refractivity contribution in [1.29, 1.82) is 0 Å². The number of rotatable bonds is 9. The zero-order chi connectivity index (χ0) is 20.5. The van der Waals surface area contributed by atoms with Crippen molar-refractivity contribution in [2.24, 2.45) is 0 Å². The Bertz CT molecular complexity index is 799. The van der Waals surface area contributed by atoms with Crippen molar-refractivity contribution in [1.82, 2.24) is 10.2 Å². The number of halogens is 2. The first kappa shape index (κ1) is 22.1. The van der Waals surface area contributed by atoms with Crippen LogP contribution in [0.3, 0.4) is 0 Å². The Hall–Kier alpha value is -2.24. The minimum absolute atomic E-state index is 0.201. The van der Waals surface area contributed by atoms with Crippen LogP contribution in [0.15, 0.2) is 48.5 Å². The largest absolute Gasteiger partial charge is 0.482 e. The molecular formula is C21H24Cl2N2O3. The van der Waals surface area contributed by atoms with E-state index in [4.69, 9.17) is 27.9 Å². The second-order valence-corrected chi connectivity index (χ2v) is 7.10. The first-order valence-electron chi connectivity index (χ1n) is 9.11. The van der Waals surface area contributed by atoms with Gasteiger partial charge in [-0.1, -0.05) is 53.5 Å². The summed E-state index contributed by atoms with van der Waals surface area (Å²) in [6, 6.07) is 14.0. The van der Waals surface area contributed by atoms with Gasteiger partial charge in [0.1, 0.15) is 11.8 Å². The van der Waals surface area contributed by atoms with Gasteiger partial charge in [-0.15, -0.1) is 0 Å². The lowest BCUT2D eigenvalue weighted by atomic mass is 10.1. The average Bonchev–Trinajstić information content (AvgIpc) is 2.68. The van der Waals surface area contributed by atoms with E-state index in [0.29, 0.717) is 35.3 Å². The number of carbonyl (C=O) groups is 2.